The average molecular weight is 311 g/mol. The fourth-order valence-electron chi connectivity index (χ4n) is 1.57. The van der Waals surface area contributed by atoms with E-state index in [2.05, 4.69) is 16.6 Å². The number of rotatable bonds is 8. The Balaban J connectivity index is 2.66. The Morgan fingerprint density at radius 1 is 1.38 bits per heavy atom. The third-order valence-corrected chi connectivity index (χ3v) is 4.03. The molecule has 1 rings (SSSR count). The van der Waals surface area contributed by atoms with Gasteiger partial charge in [-0.15, -0.1) is 0 Å². The molecule has 0 aliphatic carbocycles. The highest BCUT2D eigenvalue weighted by atomic mass is 32.2. The quantitative estimate of drug-likeness (QED) is 0.557. The molecule has 0 saturated carbocycles. The molecule has 0 aliphatic heterocycles. The van der Waals surface area contributed by atoms with Crippen LogP contribution in [0.1, 0.15) is 25.3 Å². The van der Waals surface area contributed by atoms with E-state index >= 15 is 0 Å². The smallest absolute Gasteiger partial charge is 0.240 e. The fourth-order valence-corrected chi connectivity index (χ4v) is 2.69. The Bertz CT molecular complexity index is 587. The number of aliphatic hydroxyl groups excluding tert-OH is 1. The third kappa shape index (κ3) is 6.74. The first kappa shape index (κ1) is 17.7. The molecule has 0 atom stereocenters. The summed E-state index contributed by atoms with van der Waals surface area (Å²) in [7, 11) is -3.52. The van der Waals surface area contributed by atoms with Gasteiger partial charge >= 0.3 is 0 Å². The summed E-state index contributed by atoms with van der Waals surface area (Å²) in [5, 5.41) is 8.67. The van der Waals surface area contributed by atoms with Gasteiger partial charge in [0.25, 0.3) is 0 Å². The van der Waals surface area contributed by atoms with Crippen molar-refractivity contribution in [3.05, 3.63) is 29.8 Å². The zero-order valence-electron chi connectivity index (χ0n) is 12.1. The molecule has 116 valence electrons. The summed E-state index contributed by atoms with van der Waals surface area (Å²) in [6.45, 7) is 3.38. The average Bonchev–Trinajstić information content (AvgIpc) is 2.48. The minimum Gasteiger partial charge on any atom is -0.395 e. The van der Waals surface area contributed by atoms with Crippen LogP contribution in [0.2, 0.25) is 0 Å². The van der Waals surface area contributed by atoms with Gasteiger partial charge in [-0.05, 0) is 31.5 Å². The van der Waals surface area contributed by atoms with Gasteiger partial charge < -0.3 is 9.84 Å². The normalized spacial score (nSPS) is 11.0. The molecule has 1 aromatic carbocycles. The molecule has 0 aromatic heterocycles. The van der Waals surface area contributed by atoms with E-state index in [1.165, 1.54) is 12.1 Å². The van der Waals surface area contributed by atoms with Crippen molar-refractivity contribution in [2.24, 2.45) is 0 Å². The second-order valence-electron chi connectivity index (χ2n) is 4.25. The van der Waals surface area contributed by atoms with Crippen LogP contribution in [0.4, 0.5) is 0 Å². The minimum absolute atomic E-state index is 0.00756. The molecular weight excluding hydrogens is 290 g/mol. The van der Waals surface area contributed by atoms with E-state index in [1.807, 2.05) is 6.92 Å². The summed E-state index contributed by atoms with van der Waals surface area (Å²) in [6.07, 6.45) is 0.996. The van der Waals surface area contributed by atoms with Crippen LogP contribution < -0.4 is 4.72 Å². The van der Waals surface area contributed by atoms with Gasteiger partial charge in [0.05, 0.1) is 11.5 Å². The molecule has 0 amide bonds. The molecule has 5 nitrogen and oxygen atoms in total. The number of hydrogen-bond acceptors (Lipinski definition) is 4. The molecule has 0 bridgehead atoms. The van der Waals surface area contributed by atoms with Crippen LogP contribution >= 0.6 is 0 Å². The SMILES string of the molecule is CCOCCCNS(=O)(=O)c1cccc(C#CCCO)c1. The Hall–Kier alpha value is -1.39. The van der Waals surface area contributed by atoms with Crippen molar-refractivity contribution in [1.29, 1.82) is 0 Å². The number of hydrogen-bond donors (Lipinski definition) is 2. The maximum atomic E-state index is 12.1. The van der Waals surface area contributed by atoms with Crippen LogP contribution in [0.3, 0.4) is 0 Å². The van der Waals surface area contributed by atoms with Crippen LogP contribution in [0.15, 0.2) is 29.2 Å². The Morgan fingerprint density at radius 2 is 2.19 bits per heavy atom. The molecule has 0 aliphatic rings. The fraction of sp³-hybridized carbons (Fsp3) is 0.467. The summed E-state index contributed by atoms with van der Waals surface area (Å²) in [5.74, 6) is 5.58. The van der Waals surface area contributed by atoms with Crippen LogP contribution in [-0.2, 0) is 14.8 Å². The first-order chi connectivity index (χ1) is 10.1. The number of sulfonamides is 1. The van der Waals surface area contributed by atoms with Gasteiger partial charge in [-0.2, -0.15) is 0 Å². The summed E-state index contributed by atoms with van der Waals surface area (Å²) < 4.78 is 31.9. The van der Waals surface area contributed by atoms with Crippen LogP contribution in [0, 0.1) is 11.8 Å². The van der Waals surface area contributed by atoms with Crippen LogP contribution in [-0.4, -0.2) is 39.9 Å². The minimum atomic E-state index is -3.52. The van der Waals surface area contributed by atoms with Crippen molar-refractivity contribution in [2.75, 3.05) is 26.4 Å². The third-order valence-electron chi connectivity index (χ3n) is 2.58. The van der Waals surface area contributed by atoms with E-state index < -0.39 is 10.0 Å². The Kier molecular flexibility index (Phi) is 8.01. The van der Waals surface area contributed by atoms with Crippen molar-refractivity contribution in [1.82, 2.24) is 4.72 Å². The van der Waals surface area contributed by atoms with Crippen molar-refractivity contribution in [3.8, 4) is 11.8 Å². The lowest BCUT2D eigenvalue weighted by molar-refractivity contribution is 0.146. The maximum absolute atomic E-state index is 12.1. The van der Waals surface area contributed by atoms with E-state index in [0.717, 1.165) is 0 Å². The van der Waals surface area contributed by atoms with Crippen LogP contribution in [0.25, 0.3) is 0 Å². The molecule has 0 heterocycles. The van der Waals surface area contributed by atoms with Gasteiger partial charge in [0, 0.05) is 31.7 Å². The summed E-state index contributed by atoms with van der Waals surface area (Å²) in [6, 6.07) is 6.44. The monoisotopic (exact) mass is 311 g/mol. The molecule has 1 aromatic rings. The van der Waals surface area contributed by atoms with Gasteiger partial charge in [-0.25, -0.2) is 13.1 Å². The number of benzene rings is 1. The summed E-state index contributed by atoms with van der Waals surface area (Å²) >= 11 is 0. The molecule has 0 fully saturated rings. The predicted octanol–water partition coefficient (Wildman–Crippen LogP) is 1.13. The Morgan fingerprint density at radius 3 is 2.90 bits per heavy atom. The maximum Gasteiger partial charge on any atom is 0.240 e. The summed E-state index contributed by atoms with van der Waals surface area (Å²) in [4.78, 5) is 0.190. The molecule has 0 radical (unpaired) electrons. The van der Waals surface area contributed by atoms with Gasteiger partial charge in [0.15, 0.2) is 0 Å². The zero-order chi connectivity index (χ0) is 15.6. The second-order valence-corrected chi connectivity index (χ2v) is 6.02. The van der Waals surface area contributed by atoms with Crippen molar-refractivity contribution >= 4 is 10.0 Å². The molecule has 0 unspecified atom stereocenters. The highest BCUT2D eigenvalue weighted by Crippen LogP contribution is 2.10. The molecule has 6 heteroatoms. The molecular formula is C15H21NO4S. The lowest BCUT2D eigenvalue weighted by Gasteiger charge is -2.07. The van der Waals surface area contributed by atoms with E-state index in [0.29, 0.717) is 38.2 Å². The van der Waals surface area contributed by atoms with Crippen molar-refractivity contribution in [3.63, 3.8) is 0 Å². The van der Waals surface area contributed by atoms with Gasteiger partial charge in [0.2, 0.25) is 10.0 Å². The predicted molar refractivity (Wildman–Crippen MR) is 81.3 cm³/mol. The lowest BCUT2D eigenvalue weighted by Crippen LogP contribution is -2.25. The highest BCUT2D eigenvalue weighted by Gasteiger charge is 2.13. The standard InChI is InChI=1S/C15H21NO4S/c1-2-20-12-6-10-16-21(18,19)15-9-5-8-14(13-15)7-3-4-11-17/h5,8-9,13,16-17H,2,4,6,10-12H2,1H3. The zero-order valence-corrected chi connectivity index (χ0v) is 12.9. The molecule has 2 N–H and O–H groups in total. The van der Waals surface area contributed by atoms with Gasteiger partial charge in [0.1, 0.15) is 0 Å². The van der Waals surface area contributed by atoms with Crippen molar-refractivity contribution in [2.45, 2.75) is 24.7 Å². The van der Waals surface area contributed by atoms with Crippen molar-refractivity contribution < 1.29 is 18.3 Å². The molecule has 0 saturated heterocycles. The largest absolute Gasteiger partial charge is 0.395 e. The first-order valence-electron chi connectivity index (χ1n) is 6.87. The van der Waals surface area contributed by atoms with Gasteiger partial charge in [-0.3, -0.25) is 0 Å². The number of aliphatic hydroxyl groups is 1. The van der Waals surface area contributed by atoms with Crippen LogP contribution in [0.5, 0.6) is 0 Å². The highest BCUT2D eigenvalue weighted by molar-refractivity contribution is 7.89. The summed E-state index contributed by atoms with van der Waals surface area (Å²) in [5.41, 5.74) is 0.612. The van der Waals surface area contributed by atoms with E-state index in [4.69, 9.17) is 9.84 Å². The number of nitrogens with one attached hydrogen (secondary N) is 1. The van der Waals surface area contributed by atoms with E-state index in [1.54, 1.807) is 12.1 Å². The molecule has 21 heavy (non-hydrogen) atoms. The Labute approximate surface area is 126 Å². The number of ether oxygens (including phenoxy) is 1. The van der Waals surface area contributed by atoms with E-state index in [-0.39, 0.29) is 11.5 Å². The van der Waals surface area contributed by atoms with E-state index in [9.17, 15) is 8.42 Å². The first-order valence-corrected chi connectivity index (χ1v) is 8.35. The van der Waals surface area contributed by atoms with Gasteiger partial charge in [-0.1, -0.05) is 17.9 Å². The molecule has 0 spiro atoms. The lowest BCUT2D eigenvalue weighted by atomic mass is 10.2. The topological polar surface area (TPSA) is 75.6 Å². The second kappa shape index (κ2) is 9.53.